The van der Waals surface area contributed by atoms with Crippen molar-refractivity contribution in [3.05, 3.63) is 58.6 Å². The molecule has 0 saturated heterocycles. The van der Waals surface area contributed by atoms with Gasteiger partial charge in [-0.3, -0.25) is 0 Å². The highest BCUT2D eigenvalue weighted by Gasteiger charge is 2.18. The number of rotatable bonds is 6. The second kappa shape index (κ2) is 8.87. The van der Waals surface area contributed by atoms with Crippen LogP contribution in [0, 0.1) is 18.3 Å². The monoisotopic (exact) mass is 410 g/mol. The molecule has 0 saturated carbocycles. The highest BCUT2D eigenvalue weighted by Crippen LogP contribution is 2.39. The zero-order valence-corrected chi connectivity index (χ0v) is 17.4. The third-order valence-corrected chi connectivity index (χ3v) is 5.19. The molecule has 3 rings (SSSR count). The minimum Gasteiger partial charge on any atom is -0.443 e. The van der Waals surface area contributed by atoms with Crippen LogP contribution in [0.5, 0.6) is 10.8 Å². The summed E-state index contributed by atoms with van der Waals surface area (Å²) < 4.78 is 10.4. The number of halogens is 1. The average Bonchev–Trinajstić information content (AvgIpc) is 3.12. The van der Waals surface area contributed by atoms with E-state index in [2.05, 4.69) is 15.4 Å². The SMILES string of the molecule is CCN(C)/C=N\c1cc(C)c(Oc2snc(-c3ccccc3)c2C#N)cc1Cl. The van der Waals surface area contributed by atoms with Crippen molar-refractivity contribution in [2.24, 2.45) is 4.99 Å². The van der Waals surface area contributed by atoms with Gasteiger partial charge in [-0.15, -0.1) is 0 Å². The van der Waals surface area contributed by atoms with Gasteiger partial charge in [-0.25, -0.2) is 4.99 Å². The number of nitriles is 1. The predicted molar refractivity (Wildman–Crippen MR) is 115 cm³/mol. The van der Waals surface area contributed by atoms with Gasteiger partial charge in [0.15, 0.2) is 0 Å². The van der Waals surface area contributed by atoms with Crippen molar-refractivity contribution >= 4 is 35.2 Å². The lowest BCUT2D eigenvalue weighted by Gasteiger charge is -2.11. The number of aromatic nitrogens is 1. The van der Waals surface area contributed by atoms with E-state index in [1.54, 1.807) is 12.4 Å². The Morgan fingerprint density at radius 2 is 2.07 bits per heavy atom. The van der Waals surface area contributed by atoms with Gasteiger partial charge in [0, 0.05) is 36.8 Å². The molecule has 0 atom stereocenters. The van der Waals surface area contributed by atoms with Crippen LogP contribution in [-0.2, 0) is 0 Å². The van der Waals surface area contributed by atoms with Gasteiger partial charge in [-0.2, -0.15) is 9.64 Å². The molecule has 28 heavy (non-hydrogen) atoms. The van der Waals surface area contributed by atoms with Crippen LogP contribution in [0.15, 0.2) is 47.5 Å². The number of aryl methyl sites for hydroxylation is 1. The van der Waals surface area contributed by atoms with Crippen LogP contribution in [0.1, 0.15) is 18.1 Å². The van der Waals surface area contributed by atoms with Crippen molar-refractivity contribution in [1.29, 1.82) is 5.26 Å². The molecule has 0 radical (unpaired) electrons. The second-order valence-corrected chi connectivity index (χ2v) is 7.30. The number of ether oxygens (including phenoxy) is 1. The topological polar surface area (TPSA) is 61.5 Å². The van der Waals surface area contributed by atoms with E-state index < -0.39 is 0 Å². The largest absolute Gasteiger partial charge is 0.443 e. The van der Waals surface area contributed by atoms with Crippen molar-refractivity contribution in [2.45, 2.75) is 13.8 Å². The lowest BCUT2D eigenvalue weighted by molar-refractivity contribution is 0.491. The summed E-state index contributed by atoms with van der Waals surface area (Å²) in [5, 5.41) is 10.6. The summed E-state index contributed by atoms with van der Waals surface area (Å²) in [7, 11) is 1.94. The van der Waals surface area contributed by atoms with Crippen LogP contribution < -0.4 is 4.74 Å². The molecule has 0 aliphatic carbocycles. The van der Waals surface area contributed by atoms with Crippen molar-refractivity contribution in [3.8, 4) is 28.1 Å². The zero-order valence-electron chi connectivity index (χ0n) is 15.8. The molecule has 0 spiro atoms. The normalized spacial score (nSPS) is 10.8. The molecule has 0 amide bonds. The van der Waals surface area contributed by atoms with E-state index in [9.17, 15) is 5.26 Å². The van der Waals surface area contributed by atoms with Gasteiger partial charge in [0.1, 0.15) is 23.1 Å². The number of benzene rings is 2. The van der Waals surface area contributed by atoms with Gasteiger partial charge in [-0.05, 0) is 25.5 Å². The van der Waals surface area contributed by atoms with Crippen LogP contribution in [-0.4, -0.2) is 29.2 Å². The molecule has 0 unspecified atom stereocenters. The fraction of sp³-hybridized carbons (Fsp3) is 0.190. The first-order chi connectivity index (χ1) is 13.5. The molecule has 0 bridgehead atoms. The fourth-order valence-electron chi connectivity index (χ4n) is 2.44. The molecule has 0 aliphatic heterocycles. The van der Waals surface area contributed by atoms with Gasteiger partial charge >= 0.3 is 0 Å². The minimum atomic E-state index is 0.415. The first-order valence-corrected chi connectivity index (χ1v) is 9.86. The quantitative estimate of drug-likeness (QED) is 0.366. The summed E-state index contributed by atoms with van der Waals surface area (Å²) in [6.45, 7) is 4.81. The van der Waals surface area contributed by atoms with E-state index in [0.29, 0.717) is 32.8 Å². The Morgan fingerprint density at radius 1 is 1.32 bits per heavy atom. The second-order valence-electron chi connectivity index (χ2n) is 6.16. The van der Waals surface area contributed by atoms with Crippen molar-refractivity contribution in [3.63, 3.8) is 0 Å². The third kappa shape index (κ3) is 4.33. The Hall–Kier alpha value is -2.88. The summed E-state index contributed by atoms with van der Waals surface area (Å²) in [6.07, 6.45) is 1.74. The predicted octanol–water partition coefficient (Wildman–Crippen LogP) is 6.05. The molecule has 7 heteroatoms. The average molecular weight is 411 g/mol. The lowest BCUT2D eigenvalue weighted by Crippen LogP contribution is -2.14. The maximum atomic E-state index is 9.63. The molecule has 3 aromatic rings. The molecular weight excluding hydrogens is 392 g/mol. The number of aliphatic imine (C=N–C) groups is 1. The van der Waals surface area contributed by atoms with Crippen molar-refractivity contribution < 1.29 is 4.74 Å². The summed E-state index contributed by atoms with van der Waals surface area (Å²) >= 11 is 7.53. The summed E-state index contributed by atoms with van der Waals surface area (Å²) in [5.41, 5.74) is 3.45. The van der Waals surface area contributed by atoms with Crippen LogP contribution in [0.4, 0.5) is 5.69 Å². The Morgan fingerprint density at radius 3 is 2.75 bits per heavy atom. The fourth-order valence-corrected chi connectivity index (χ4v) is 3.37. The Bertz CT molecular complexity index is 1040. The maximum Gasteiger partial charge on any atom is 0.218 e. The van der Waals surface area contributed by atoms with E-state index in [-0.39, 0.29) is 0 Å². The first kappa shape index (κ1) is 19.9. The van der Waals surface area contributed by atoms with Crippen LogP contribution >= 0.6 is 23.1 Å². The van der Waals surface area contributed by atoms with E-state index >= 15 is 0 Å². The van der Waals surface area contributed by atoms with E-state index in [0.717, 1.165) is 29.2 Å². The summed E-state index contributed by atoms with van der Waals surface area (Å²) in [5.74, 6) is 0.576. The highest BCUT2D eigenvalue weighted by atomic mass is 35.5. The highest BCUT2D eigenvalue weighted by molar-refractivity contribution is 7.08. The van der Waals surface area contributed by atoms with E-state index in [1.165, 1.54) is 0 Å². The first-order valence-electron chi connectivity index (χ1n) is 8.71. The van der Waals surface area contributed by atoms with Crippen LogP contribution in [0.3, 0.4) is 0 Å². The zero-order chi connectivity index (χ0) is 20.1. The molecule has 142 valence electrons. The summed E-state index contributed by atoms with van der Waals surface area (Å²) in [4.78, 5) is 6.37. The molecule has 0 aliphatic rings. The standard InChI is InChI=1S/C21H19ClN4OS/c1-4-26(3)13-24-18-10-14(2)19(11-17(18)22)27-21-16(12-23)20(25-28-21)15-8-6-5-7-9-15/h5-11,13H,4H2,1-3H3/b24-13-. The maximum absolute atomic E-state index is 9.63. The summed E-state index contributed by atoms with van der Waals surface area (Å²) in [6, 6.07) is 15.4. The number of hydrogen-bond acceptors (Lipinski definition) is 5. The van der Waals surface area contributed by atoms with Gasteiger partial charge < -0.3 is 9.64 Å². The minimum absolute atomic E-state index is 0.415. The van der Waals surface area contributed by atoms with Crippen molar-refractivity contribution in [2.75, 3.05) is 13.6 Å². The Kier molecular flexibility index (Phi) is 6.30. The smallest absolute Gasteiger partial charge is 0.218 e. The van der Waals surface area contributed by atoms with E-state index in [1.807, 2.05) is 62.2 Å². The van der Waals surface area contributed by atoms with Crippen LogP contribution in [0.25, 0.3) is 11.3 Å². The molecule has 0 N–H and O–H groups in total. The Labute approximate surface area is 173 Å². The number of nitrogens with zero attached hydrogens (tertiary/aromatic N) is 4. The van der Waals surface area contributed by atoms with Crippen LogP contribution in [0.2, 0.25) is 5.02 Å². The molecule has 5 nitrogen and oxygen atoms in total. The molecular formula is C21H19ClN4OS. The number of hydrogen-bond donors (Lipinski definition) is 0. The lowest BCUT2D eigenvalue weighted by atomic mass is 10.1. The van der Waals surface area contributed by atoms with Gasteiger partial charge in [-0.1, -0.05) is 41.9 Å². The molecule has 1 aromatic heterocycles. The van der Waals surface area contributed by atoms with Crippen molar-refractivity contribution in [1.82, 2.24) is 9.27 Å². The molecule has 2 aromatic carbocycles. The molecule has 1 heterocycles. The van der Waals surface area contributed by atoms with Gasteiger partial charge in [0.05, 0.1) is 17.0 Å². The van der Waals surface area contributed by atoms with Gasteiger partial charge in [0.25, 0.3) is 0 Å². The molecule has 0 fully saturated rings. The van der Waals surface area contributed by atoms with E-state index in [4.69, 9.17) is 16.3 Å². The third-order valence-electron chi connectivity index (χ3n) is 4.16. The van der Waals surface area contributed by atoms with Gasteiger partial charge in [0.2, 0.25) is 5.06 Å². The Balaban J connectivity index is 1.91.